The minimum Gasteiger partial charge on any atom is -0.462 e. The summed E-state index contributed by atoms with van der Waals surface area (Å²) in [5.74, 6) is 0.419. The molecule has 4 rings (SSSR count). The van der Waals surface area contributed by atoms with Crippen LogP contribution in [0, 0.1) is 0 Å². The number of aromatic nitrogens is 3. The minimum atomic E-state index is -0.339. The van der Waals surface area contributed by atoms with Crippen LogP contribution < -0.4 is 0 Å². The van der Waals surface area contributed by atoms with E-state index in [1.165, 1.54) is 0 Å². The third kappa shape index (κ3) is 4.66. The van der Waals surface area contributed by atoms with Gasteiger partial charge in [0.25, 0.3) is 0 Å². The van der Waals surface area contributed by atoms with E-state index in [0.29, 0.717) is 18.7 Å². The van der Waals surface area contributed by atoms with Crippen LogP contribution in [-0.4, -0.2) is 27.1 Å². The largest absolute Gasteiger partial charge is 0.462 e. The topological polar surface area (TPSA) is 57.0 Å². The Morgan fingerprint density at radius 3 is 2.70 bits per heavy atom. The van der Waals surface area contributed by atoms with Crippen LogP contribution in [0.2, 0.25) is 5.02 Å². The first kappa shape index (κ1) is 20.4. The molecular formula is C23H20ClN3O2S. The van der Waals surface area contributed by atoms with Gasteiger partial charge in [0.05, 0.1) is 35.4 Å². The molecule has 30 heavy (non-hydrogen) atoms. The number of pyridine rings is 1. The van der Waals surface area contributed by atoms with Gasteiger partial charge in [-0.05, 0) is 55.0 Å². The number of hydrogen-bond donors (Lipinski definition) is 0. The number of thioether (sulfide) groups is 1. The van der Waals surface area contributed by atoms with Crippen molar-refractivity contribution < 1.29 is 9.53 Å². The summed E-state index contributed by atoms with van der Waals surface area (Å²) in [7, 11) is 0. The molecule has 152 valence electrons. The maximum absolute atomic E-state index is 12.1. The number of ether oxygens (including phenoxy) is 1. The van der Waals surface area contributed by atoms with E-state index in [4.69, 9.17) is 21.3 Å². The number of rotatable bonds is 7. The maximum Gasteiger partial charge on any atom is 0.338 e. The first-order chi connectivity index (χ1) is 14.6. The van der Waals surface area contributed by atoms with Gasteiger partial charge in [-0.15, -0.1) is 0 Å². The average molecular weight is 438 g/mol. The normalized spacial score (nSPS) is 11.0. The van der Waals surface area contributed by atoms with Crippen molar-refractivity contribution in [3.8, 4) is 0 Å². The van der Waals surface area contributed by atoms with E-state index < -0.39 is 0 Å². The van der Waals surface area contributed by atoms with Crippen LogP contribution >= 0.6 is 23.4 Å². The zero-order valence-electron chi connectivity index (χ0n) is 16.4. The Kier molecular flexibility index (Phi) is 6.35. The van der Waals surface area contributed by atoms with Gasteiger partial charge in [0.2, 0.25) is 0 Å². The third-order valence-corrected chi connectivity index (χ3v) is 5.85. The molecule has 2 aromatic carbocycles. The predicted octanol–water partition coefficient (Wildman–Crippen LogP) is 5.60. The smallest absolute Gasteiger partial charge is 0.338 e. The van der Waals surface area contributed by atoms with Crippen LogP contribution in [0.25, 0.3) is 11.0 Å². The van der Waals surface area contributed by atoms with Crippen molar-refractivity contribution in [2.45, 2.75) is 24.4 Å². The Bertz CT molecular complexity index is 1160. The molecule has 0 saturated heterocycles. The maximum atomic E-state index is 12.1. The third-order valence-electron chi connectivity index (χ3n) is 4.55. The lowest BCUT2D eigenvalue weighted by atomic mass is 10.2. The highest BCUT2D eigenvalue weighted by Gasteiger charge is 2.15. The number of benzene rings is 2. The molecule has 0 saturated carbocycles. The molecule has 4 aromatic rings. The summed E-state index contributed by atoms with van der Waals surface area (Å²) < 4.78 is 7.26. The molecule has 2 heterocycles. The second-order valence-corrected chi connectivity index (χ2v) is 8.02. The van der Waals surface area contributed by atoms with Crippen molar-refractivity contribution in [3.63, 3.8) is 0 Å². The highest BCUT2D eigenvalue weighted by molar-refractivity contribution is 7.98. The number of fused-ring (bicyclic) bond motifs is 1. The Balaban J connectivity index is 1.68. The molecule has 0 atom stereocenters. The fraction of sp³-hybridized carbons (Fsp3) is 0.174. The van der Waals surface area contributed by atoms with Crippen LogP contribution in [0.3, 0.4) is 0 Å². The van der Waals surface area contributed by atoms with Gasteiger partial charge in [-0.1, -0.05) is 41.6 Å². The molecule has 0 N–H and O–H groups in total. The lowest BCUT2D eigenvalue weighted by Gasteiger charge is -2.09. The Morgan fingerprint density at radius 2 is 1.97 bits per heavy atom. The Morgan fingerprint density at radius 1 is 1.13 bits per heavy atom. The van der Waals surface area contributed by atoms with Crippen molar-refractivity contribution in [1.29, 1.82) is 0 Å². The number of carbonyl (C=O) groups is 1. The van der Waals surface area contributed by atoms with Gasteiger partial charge in [-0.25, -0.2) is 9.78 Å². The Labute approximate surface area is 184 Å². The quantitative estimate of drug-likeness (QED) is 0.278. The van der Waals surface area contributed by atoms with Crippen molar-refractivity contribution in [1.82, 2.24) is 14.5 Å². The molecule has 5 nitrogen and oxygen atoms in total. The number of imidazole rings is 1. The lowest BCUT2D eigenvalue weighted by Crippen LogP contribution is -2.05. The Hall–Kier alpha value is -2.83. The van der Waals surface area contributed by atoms with Gasteiger partial charge in [-0.3, -0.25) is 4.98 Å². The highest BCUT2D eigenvalue weighted by Crippen LogP contribution is 2.28. The SMILES string of the molecule is CCOC(=O)c1ccc2c(c1)nc(SCc1ccc(Cl)cc1)n2Cc1ccccn1. The van der Waals surface area contributed by atoms with Crippen molar-refractivity contribution in [2.24, 2.45) is 0 Å². The summed E-state index contributed by atoms with van der Waals surface area (Å²) in [6.45, 7) is 2.73. The second kappa shape index (κ2) is 9.32. The lowest BCUT2D eigenvalue weighted by molar-refractivity contribution is 0.0526. The van der Waals surface area contributed by atoms with E-state index in [0.717, 1.165) is 38.2 Å². The van der Waals surface area contributed by atoms with E-state index in [9.17, 15) is 4.79 Å². The van der Waals surface area contributed by atoms with Crippen LogP contribution in [0.1, 0.15) is 28.5 Å². The van der Waals surface area contributed by atoms with Crippen LogP contribution in [0.5, 0.6) is 0 Å². The molecule has 0 radical (unpaired) electrons. The summed E-state index contributed by atoms with van der Waals surface area (Å²) in [6.07, 6.45) is 1.79. The molecule has 0 spiro atoms. The van der Waals surface area contributed by atoms with Gasteiger partial charge >= 0.3 is 5.97 Å². The molecule has 7 heteroatoms. The molecule has 0 fully saturated rings. The number of hydrogen-bond acceptors (Lipinski definition) is 5. The molecule has 2 aromatic heterocycles. The molecule has 0 aliphatic heterocycles. The summed E-state index contributed by atoms with van der Waals surface area (Å²) in [6, 6.07) is 19.2. The fourth-order valence-electron chi connectivity index (χ4n) is 3.09. The van der Waals surface area contributed by atoms with Crippen LogP contribution in [-0.2, 0) is 17.0 Å². The predicted molar refractivity (Wildman–Crippen MR) is 120 cm³/mol. The fourth-order valence-corrected chi connectivity index (χ4v) is 4.19. The number of esters is 1. The van der Waals surface area contributed by atoms with Gasteiger partial charge in [-0.2, -0.15) is 0 Å². The molecule has 0 unspecified atom stereocenters. The average Bonchev–Trinajstić information content (AvgIpc) is 3.11. The van der Waals surface area contributed by atoms with Crippen molar-refractivity contribution in [3.05, 3.63) is 88.7 Å². The number of nitrogens with zero attached hydrogens (tertiary/aromatic N) is 3. The minimum absolute atomic E-state index is 0.339. The van der Waals surface area contributed by atoms with E-state index in [1.807, 2.05) is 48.5 Å². The summed E-state index contributed by atoms with van der Waals surface area (Å²) in [5, 5.41) is 1.59. The summed E-state index contributed by atoms with van der Waals surface area (Å²) in [5.41, 5.74) is 4.32. The first-order valence-electron chi connectivity index (χ1n) is 9.58. The van der Waals surface area contributed by atoms with Gasteiger partial charge in [0, 0.05) is 17.0 Å². The van der Waals surface area contributed by atoms with Crippen LogP contribution in [0.15, 0.2) is 72.0 Å². The van der Waals surface area contributed by atoms with Gasteiger partial charge in [0.15, 0.2) is 5.16 Å². The zero-order chi connectivity index (χ0) is 20.9. The van der Waals surface area contributed by atoms with E-state index in [-0.39, 0.29) is 5.97 Å². The van der Waals surface area contributed by atoms with E-state index in [2.05, 4.69) is 9.55 Å². The first-order valence-corrected chi connectivity index (χ1v) is 10.9. The number of carbonyl (C=O) groups excluding carboxylic acids is 1. The molecular weight excluding hydrogens is 418 g/mol. The molecule has 0 bridgehead atoms. The van der Waals surface area contributed by atoms with E-state index in [1.54, 1.807) is 37.0 Å². The van der Waals surface area contributed by atoms with Crippen LogP contribution in [0.4, 0.5) is 0 Å². The zero-order valence-corrected chi connectivity index (χ0v) is 18.0. The number of halogens is 1. The molecule has 0 aliphatic rings. The standard InChI is InChI=1S/C23H20ClN3O2S/c1-2-29-22(28)17-8-11-21-20(13-17)26-23(27(21)14-19-5-3-4-12-25-19)30-15-16-6-9-18(24)10-7-16/h3-13H,2,14-15H2,1H3. The molecule has 0 aliphatic carbocycles. The molecule has 0 amide bonds. The highest BCUT2D eigenvalue weighted by atomic mass is 35.5. The van der Waals surface area contributed by atoms with E-state index >= 15 is 0 Å². The van der Waals surface area contributed by atoms with Gasteiger partial charge < -0.3 is 9.30 Å². The van der Waals surface area contributed by atoms with Crippen molar-refractivity contribution >= 4 is 40.4 Å². The second-order valence-electron chi connectivity index (χ2n) is 6.64. The van der Waals surface area contributed by atoms with Gasteiger partial charge in [0.1, 0.15) is 0 Å². The summed E-state index contributed by atoms with van der Waals surface area (Å²) >= 11 is 7.63. The summed E-state index contributed by atoms with van der Waals surface area (Å²) in [4.78, 5) is 21.4. The van der Waals surface area contributed by atoms with Crippen molar-refractivity contribution in [2.75, 3.05) is 6.61 Å². The monoisotopic (exact) mass is 437 g/mol.